The van der Waals surface area contributed by atoms with Crippen LogP contribution >= 0.6 is 0 Å². The molecule has 1 amide bonds. The molecule has 0 aliphatic heterocycles. The minimum absolute atomic E-state index is 0.211. The van der Waals surface area contributed by atoms with Gasteiger partial charge in [-0.05, 0) is 44.1 Å². The first kappa shape index (κ1) is 16.5. The van der Waals surface area contributed by atoms with Gasteiger partial charge in [-0.25, -0.2) is 0 Å². The summed E-state index contributed by atoms with van der Waals surface area (Å²) in [7, 11) is 0. The molecule has 1 aromatic carbocycles. The summed E-state index contributed by atoms with van der Waals surface area (Å²) in [5.41, 5.74) is 2.59. The van der Waals surface area contributed by atoms with Crippen LogP contribution in [0.5, 0.6) is 0 Å². The SMILES string of the molecule is Cc1ccc(CN(CC(=O)NC2CCCCC2C)C2CC2)cc1. The van der Waals surface area contributed by atoms with Crippen molar-refractivity contribution >= 4 is 5.91 Å². The first-order chi connectivity index (χ1) is 11.1. The van der Waals surface area contributed by atoms with Crippen LogP contribution in [-0.2, 0) is 11.3 Å². The Morgan fingerprint density at radius 3 is 2.48 bits per heavy atom. The second kappa shape index (κ2) is 7.48. The molecule has 1 N–H and O–H groups in total. The number of hydrogen-bond donors (Lipinski definition) is 1. The van der Waals surface area contributed by atoms with Gasteiger partial charge in [0.05, 0.1) is 6.54 Å². The Hall–Kier alpha value is -1.35. The predicted octanol–water partition coefficient (Wildman–Crippen LogP) is 3.65. The molecule has 1 aromatic rings. The summed E-state index contributed by atoms with van der Waals surface area (Å²) in [4.78, 5) is 14.8. The molecule has 0 radical (unpaired) electrons. The van der Waals surface area contributed by atoms with Gasteiger partial charge in [-0.3, -0.25) is 9.69 Å². The Balaban J connectivity index is 1.54. The van der Waals surface area contributed by atoms with Crippen molar-refractivity contribution in [2.24, 2.45) is 5.92 Å². The van der Waals surface area contributed by atoms with Gasteiger partial charge in [0.1, 0.15) is 0 Å². The molecule has 126 valence electrons. The molecule has 2 unspecified atom stereocenters. The van der Waals surface area contributed by atoms with Crippen LogP contribution in [0, 0.1) is 12.8 Å². The molecule has 2 aliphatic rings. The lowest BCUT2D eigenvalue weighted by atomic mass is 9.86. The summed E-state index contributed by atoms with van der Waals surface area (Å²) in [5.74, 6) is 0.835. The highest BCUT2D eigenvalue weighted by molar-refractivity contribution is 5.78. The Kier molecular flexibility index (Phi) is 5.37. The Labute approximate surface area is 140 Å². The zero-order chi connectivity index (χ0) is 16.2. The van der Waals surface area contributed by atoms with Crippen molar-refractivity contribution in [2.45, 2.75) is 71.0 Å². The Morgan fingerprint density at radius 1 is 1.13 bits per heavy atom. The second-order valence-electron chi connectivity index (χ2n) is 7.56. The number of benzene rings is 1. The van der Waals surface area contributed by atoms with Crippen molar-refractivity contribution in [1.29, 1.82) is 0 Å². The average molecular weight is 314 g/mol. The van der Waals surface area contributed by atoms with E-state index in [0.717, 1.165) is 13.0 Å². The standard InChI is InChI=1S/C20H30N2O/c1-15-7-9-17(10-8-15)13-22(18-11-12-18)14-20(23)21-19-6-4-3-5-16(19)2/h7-10,16,18-19H,3-6,11-14H2,1-2H3,(H,21,23). The number of carbonyl (C=O) groups is 1. The van der Waals surface area contributed by atoms with Crippen molar-refractivity contribution in [3.8, 4) is 0 Å². The lowest BCUT2D eigenvalue weighted by molar-refractivity contribution is -0.123. The summed E-state index contributed by atoms with van der Waals surface area (Å²) in [6.45, 7) is 5.82. The van der Waals surface area contributed by atoms with Gasteiger partial charge >= 0.3 is 0 Å². The lowest BCUT2D eigenvalue weighted by Crippen LogP contribution is -2.46. The van der Waals surface area contributed by atoms with Gasteiger partial charge in [0.15, 0.2) is 0 Å². The van der Waals surface area contributed by atoms with Crippen molar-refractivity contribution < 1.29 is 4.79 Å². The summed E-state index contributed by atoms with van der Waals surface area (Å²) in [6, 6.07) is 9.67. The molecule has 2 atom stereocenters. The first-order valence-corrected chi connectivity index (χ1v) is 9.21. The van der Waals surface area contributed by atoms with E-state index in [1.54, 1.807) is 0 Å². The summed E-state index contributed by atoms with van der Waals surface area (Å²) in [5, 5.41) is 3.30. The molecule has 2 aliphatic carbocycles. The maximum Gasteiger partial charge on any atom is 0.234 e. The monoisotopic (exact) mass is 314 g/mol. The van der Waals surface area contributed by atoms with Gasteiger partial charge in [0, 0.05) is 18.6 Å². The zero-order valence-corrected chi connectivity index (χ0v) is 14.6. The number of hydrogen-bond acceptors (Lipinski definition) is 2. The molecular formula is C20H30N2O. The third-order valence-electron chi connectivity index (χ3n) is 5.37. The maximum absolute atomic E-state index is 12.5. The van der Waals surface area contributed by atoms with E-state index in [1.165, 1.54) is 43.2 Å². The minimum Gasteiger partial charge on any atom is -0.352 e. The number of rotatable bonds is 6. The van der Waals surface area contributed by atoms with Crippen LogP contribution in [0.2, 0.25) is 0 Å². The van der Waals surface area contributed by atoms with Gasteiger partial charge < -0.3 is 5.32 Å². The first-order valence-electron chi connectivity index (χ1n) is 9.21. The van der Waals surface area contributed by atoms with Gasteiger partial charge in [0.2, 0.25) is 5.91 Å². The summed E-state index contributed by atoms with van der Waals surface area (Å²) >= 11 is 0. The van der Waals surface area contributed by atoms with E-state index in [-0.39, 0.29) is 5.91 Å². The molecule has 3 rings (SSSR count). The fourth-order valence-corrected chi connectivity index (χ4v) is 3.65. The van der Waals surface area contributed by atoms with E-state index in [4.69, 9.17) is 0 Å². The lowest BCUT2D eigenvalue weighted by Gasteiger charge is -2.30. The number of nitrogens with zero attached hydrogens (tertiary/aromatic N) is 1. The summed E-state index contributed by atoms with van der Waals surface area (Å²) < 4.78 is 0. The number of aryl methyl sites for hydroxylation is 1. The molecule has 0 heterocycles. The van der Waals surface area contributed by atoms with E-state index < -0.39 is 0 Å². The molecule has 0 aromatic heterocycles. The largest absolute Gasteiger partial charge is 0.352 e. The molecule has 2 saturated carbocycles. The molecular weight excluding hydrogens is 284 g/mol. The van der Waals surface area contributed by atoms with Gasteiger partial charge in [-0.15, -0.1) is 0 Å². The predicted molar refractivity (Wildman–Crippen MR) is 94.2 cm³/mol. The van der Waals surface area contributed by atoms with Crippen LogP contribution in [0.1, 0.15) is 56.6 Å². The summed E-state index contributed by atoms with van der Waals surface area (Å²) in [6.07, 6.45) is 7.44. The van der Waals surface area contributed by atoms with Crippen molar-refractivity contribution in [3.63, 3.8) is 0 Å². The second-order valence-corrected chi connectivity index (χ2v) is 7.56. The van der Waals surface area contributed by atoms with E-state index in [0.29, 0.717) is 24.5 Å². The van der Waals surface area contributed by atoms with Crippen LogP contribution in [-0.4, -0.2) is 29.4 Å². The molecule has 0 bridgehead atoms. The Morgan fingerprint density at radius 2 is 1.83 bits per heavy atom. The fraction of sp³-hybridized carbons (Fsp3) is 0.650. The molecule has 2 fully saturated rings. The highest BCUT2D eigenvalue weighted by atomic mass is 16.2. The minimum atomic E-state index is 0.211. The molecule has 23 heavy (non-hydrogen) atoms. The molecule has 3 nitrogen and oxygen atoms in total. The highest BCUT2D eigenvalue weighted by Gasteiger charge is 2.31. The maximum atomic E-state index is 12.5. The van der Waals surface area contributed by atoms with E-state index in [2.05, 4.69) is 48.3 Å². The number of carbonyl (C=O) groups excluding carboxylic acids is 1. The molecule has 0 saturated heterocycles. The van der Waals surface area contributed by atoms with Gasteiger partial charge in [0.25, 0.3) is 0 Å². The van der Waals surface area contributed by atoms with Crippen LogP contribution < -0.4 is 5.32 Å². The van der Waals surface area contributed by atoms with Crippen molar-refractivity contribution in [3.05, 3.63) is 35.4 Å². The van der Waals surface area contributed by atoms with Gasteiger partial charge in [-0.2, -0.15) is 0 Å². The van der Waals surface area contributed by atoms with Crippen LogP contribution in [0.25, 0.3) is 0 Å². The number of amides is 1. The third kappa shape index (κ3) is 4.81. The normalized spacial score (nSPS) is 24.7. The van der Waals surface area contributed by atoms with Crippen molar-refractivity contribution in [2.75, 3.05) is 6.54 Å². The van der Waals surface area contributed by atoms with Gasteiger partial charge in [-0.1, -0.05) is 49.6 Å². The van der Waals surface area contributed by atoms with Crippen LogP contribution in [0.3, 0.4) is 0 Å². The topological polar surface area (TPSA) is 32.3 Å². The van der Waals surface area contributed by atoms with E-state index in [1.807, 2.05) is 0 Å². The van der Waals surface area contributed by atoms with E-state index >= 15 is 0 Å². The fourth-order valence-electron chi connectivity index (χ4n) is 3.65. The molecule has 0 spiro atoms. The van der Waals surface area contributed by atoms with Crippen LogP contribution in [0.4, 0.5) is 0 Å². The quantitative estimate of drug-likeness (QED) is 0.869. The molecule has 3 heteroatoms. The van der Waals surface area contributed by atoms with Crippen LogP contribution in [0.15, 0.2) is 24.3 Å². The van der Waals surface area contributed by atoms with E-state index in [9.17, 15) is 4.79 Å². The smallest absolute Gasteiger partial charge is 0.234 e. The third-order valence-corrected chi connectivity index (χ3v) is 5.37. The average Bonchev–Trinajstić information content (AvgIpc) is 3.36. The zero-order valence-electron chi connectivity index (χ0n) is 14.6. The Bertz CT molecular complexity index is 521. The highest BCUT2D eigenvalue weighted by Crippen LogP contribution is 2.28. The number of nitrogens with one attached hydrogen (secondary N) is 1. The van der Waals surface area contributed by atoms with Crippen molar-refractivity contribution in [1.82, 2.24) is 10.2 Å².